The van der Waals surface area contributed by atoms with E-state index < -0.39 is 0 Å². The minimum atomic E-state index is -0.349. The third-order valence-corrected chi connectivity index (χ3v) is 1.92. The van der Waals surface area contributed by atoms with E-state index in [0.717, 1.165) is 11.8 Å². The molecule has 13 heavy (non-hydrogen) atoms. The summed E-state index contributed by atoms with van der Waals surface area (Å²) in [6, 6.07) is 0. The Morgan fingerprint density at radius 3 is 2.85 bits per heavy atom. The van der Waals surface area contributed by atoms with Crippen LogP contribution in [0.4, 0.5) is 0 Å². The van der Waals surface area contributed by atoms with E-state index in [0.29, 0.717) is 6.61 Å². The van der Waals surface area contributed by atoms with Crippen molar-refractivity contribution in [2.24, 2.45) is 4.99 Å². The first-order valence-electron chi connectivity index (χ1n) is 3.13. The Balaban J connectivity index is 0. The van der Waals surface area contributed by atoms with Crippen LogP contribution in [0.1, 0.15) is 6.92 Å². The molecule has 0 bridgehead atoms. The van der Waals surface area contributed by atoms with E-state index in [1.54, 1.807) is 6.92 Å². The second-order valence-corrected chi connectivity index (χ2v) is 3.18. The molecule has 0 heterocycles. The molecule has 66 valence electrons. The standard InChI is InChI=1S/C6H8N2O2S2.K/c1-2-10-5(9)3-12-6(11)8-4-7;/h2-3H2,1H3,(H,8,11);/q;+1/p-1. The van der Waals surface area contributed by atoms with Crippen molar-refractivity contribution in [2.45, 2.75) is 6.92 Å². The SMILES string of the molecule is CCOC(=O)CSC([S-])=NC#N.[K+]. The number of nitriles is 1. The Hall–Kier alpha value is 0.836. The molecule has 0 fully saturated rings. The zero-order chi connectivity index (χ0) is 9.40. The predicted octanol–water partition coefficient (Wildman–Crippen LogP) is -2.33. The second kappa shape index (κ2) is 10.9. The fourth-order valence-electron chi connectivity index (χ4n) is 0.396. The Morgan fingerprint density at radius 1 is 1.77 bits per heavy atom. The van der Waals surface area contributed by atoms with Crippen molar-refractivity contribution in [3.63, 3.8) is 0 Å². The van der Waals surface area contributed by atoms with Crippen molar-refractivity contribution < 1.29 is 60.9 Å². The molecule has 4 nitrogen and oxygen atoms in total. The molecule has 0 aliphatic rings. The predicted molar refractivity (Wildman–Crippen MR) is 49.5 cm³/mol. The molecule has 0 aromatic rings. The van der Waals surface area contributed by atoms with Crippen LogP contribution in [0.2, 0.25) is 0 Å². The molecule has 0 aromatic heterocycles. The fraction of sp³-hybridized carbons (Fsp3) is 0.500. The molecule has 0 rings (SSSR count). The van der Waals surface area contributed by atoms with E-state index >= 15 is 0 Å². The maximum atomic E-state index is 10.7. The number of aliphatic imine (C=N–C) groups is 1. The van der Waals surface area contributed by atoms with E-state index in [4.69, 9.17) is 5.26 Å². The number of hydrogen-bond acceptors (Lipinski definition) is 6. The van der Waals surface area contributed by atoms with Crippen LogP contribution >= 0.6 is 11.8 Å². The van der Waals surface area contributed by atoms with Gasteiger partial charge in [-0.1, -0.05) is 0 Å². The Labute approximate surface area is 129 Å². The van der Waals surface area contributed by atoms with Crippen molar-refractivity contribution in [2.75, 3.05) is 12.4 Å². The number of ether oxygens (including phenoxy) is 1. The Morgan fingerprint density at radius 2 is 2.38 bits per heavy atom. The largest absolute Gasteiger partial charge is 1.00 e. The van der Waals surface area contributed by atoms with Gasteiger partial charge in [-0.3, -0.25) is 4.79 Å². The van der Waals surface area contributed by atoms with Crippen LogP contribution in [-0.2, 0) is 22.2 Å². The zero-order valence-electron chi connectivity index (χ0n) is 7.44. The maximum absolute atomic E-state index is 10.7. The van der Waals surface area contributed by atoms with Crippen molar-refractivity contribution in [3.05, 3.63) is 0 Å². The molecule has 0 aliphatic carbocycles. The van der Waals surface area contributed by atoms with Gasteiger partial charge in [0, 0.05) is 0 Å². The van der Waals surface area contributed by atoms with Crippen molar-refractivity contribution in [1.82, 2.24) is 0 Å². The van der Waals surface area contributed by atoms with Crippen molar-refractivity contribution in [1.29, 1.82) is 5.26 Å². The second-order valence-electron chi connectivity index (χ2n) is 1.57. The van der Waals surface area contributed by atoms with Gasteiger partial charge in [0.25, 0.3) is 0 Å². The van der Waals surface area contributed by atoms with Gasteiger partial charge in [0.1, 0.15) is 0 Å². The normalized spacial score (nSPS) is 9.69. The summed E-state index contributed by atoms with van der Waals surface area (Å²) < 4.78 is 4.78. The summed E-state index contributed by atoms with van der Waals surface area (Å²) in [5, 5.41) is 8.07. The van der Waals surface area contributed by atoms with Gasteiger partial charge in [-0.25, -0.2) is 0 Å². The maximum Gasteiger partial charge on any atom is 1.00 e. The van der Waals surface area contributed by atoms with Crippen LogP contribution in [0.3, 0.4) is 0 Å². The first-order valence-corrected chi connectivity index (χ1v) is 4.52. The first kappa shape index (κ1) is 16.3. The minimum absolute atomic E-state index is 0. The first-order chi connectivity index (χ1) is 5.70. The molecule has 0 amide bonds. The summed E-state index contributed by atoms with van der Waals surface area (Å²) in [5.41, 5.74) is 0. The number of esters is 1. The molecule has 0 atom stereocenters. The molecule has 0 aromatic carbocycles. The van der Waals surface area contributed by atoms with Gasteiger partial charge < -0.3 is 17.4 Å². The van der Waals surface area contributed by atoms with Gasteiger partial charge in [0.05, 0.1) is 12.4 Å². The van der Waals surface area contributed by atoms with E-state index in [1.807, 2.05) is 0 Å². The fourth-order valence-corrected chi connectivity index (χ4v) is 1.04. The third kappa shape index (κ3) is 10.8. The van der Waals surface area contributed by atoms with Gasteiger partial charge in [-0.05, 0) is 11.3 Å². The molecular weight excluding hydrogens is 235 g/mol. The van der Waals surface area contributed by atoms with E-state index in [9.17, 15) is 4.79 Å². The van der Waals surface area contributed by atoms with Crippen LogP contribution in [0.25, 0.3) is 0 Å². The zero-order valence-corrected chi connectivity index (χ0v) is 12.2. The summed E-state index contributed by atoms with van der Waals surface area (Å²) in [6.45, 7) is 2.07. The monoisotopic (exact) mass is 242 g/mol. The van der Waals surface area contributed by atoms with Gasteiger partial charge >= 0.3 is 57.4 Å². The molecule has 0 unspecified atom stereocenters. The Kier molecular flexibility index (Phi) is 13.7. The van der Waals surface area contributed by atoms with E-state index in [-0.39, 0.29) is 67.5 Å². The number of hydrogen-bond donors (Lipinski definition) is 0. The molecule has 0 saturated carbocycles. The van der Waals surface area contributed by atoms with Crippen LogP contribution < -0.4 is 51.4 Å². The third-order valence-electron chi connectivity index (χ3n) is 0.760. The van der Waals surface area contributed by atoms with Crippen LogP contribution in [0, 0.1) is 11.5 Å². The van der Waals surface area contributed by atoms with Gasteiger partial charge in [-0.2, -0.15) is 10.3 Å². The van der Waals surface area contributed by atoms with Crippen LogP contribution in [0.15, 0.2) is 4.99 Å². The number of thioether (sulfide) groups is 1. The Bertz CT molecular complexity index is 227. The summed E-state index contributed by atoms with van der Waals surface area (Å²) in [5.74, 6) is -0.240. The minimum Gasteiger partial charge on any atom is -0.752 e. The molecule has 0 N–H and O–H groups in total. The summed E-state index contributed by atoms with van der Waals surface area (Å²) >= 11 is 5.64. The average Bonchev–Trinajstić information content (AvgIpc) is 2.02. The molecular formula is C6H7KN2O2S2. The van der Waals surface area contributed by atoms with Gasteiger partial charge in [0.15, 0.2) is 0 Å². The molecule has 0 saturated heterocycles. The molecule has 0 aliphatic heterocycles. The molecule has 0 spiro atoms. The summed E-state index contributed by atoms with van der Waals surface area (Å²) in [7, 11) is 0. The quantitative estimate of drug-likeness (QED) is 0.139. The number of nitrogens with zero attached hydrogens (tertiary/aromatic N) is 2. The number of carbonyl (C=O) groups is 1. The smallest absolute Gasteiger partial charge is 0.752 e. The summed E-state index contributed by atoms with van der Waals surface area (Å²) in [4.78, 5) is 14.0. The topological polar surface area (TPSA) is 62.4 Å². The van der Waals surface area contributed by atoms with Gasteiger partial charge in [-0.15, -0.1) is 11.8 Å². The molecule has 0 radical (unpaired) electrons. The average molecular weight is 242 g/mol. The van der Waals surface area contributed by atoms with Crippen LogP contribution in [0.5, 0.6) is 0 Å². The van der Waals surface area contributed by atoms with E-state index in [1.165, 1.54) is 6.19 Å². The van der Waals surface area contributed by atoms with E-state index in [2.05, 4.69) is 22.4 Å². The number of carbonyl (C=O) groups excluding carboxylic acids is 1. The van der Waals surface area contributed by atoms with Crippen molar-refractivity contribution in [3.8, 4) is 6.19 Å². The molecule has 7 heteroatoms. The van der Waals surface area contributed by atoms with Crippen molar-refractivity contribution >= 4 is 34.7 Å². The van der Waals surface area contributed by atoms with Gasteiger partial charge in [0.2, 0.25) is 6.19 Å². The summed E-state index contributed by atoms with van der Waals surface area (Å²) in [6.07, 6.45) is 1.53. The number of rotatable bonds is 3. The van der Waals surface area contributed by atoms with Crippen LogP contribution in [-0.4, -0.2) is 22.7 Å².